The van der Waals surface area contributed by atoms with Crippen LogP contribution in [0.4, 0.5) is 0 Å². The summed E-state index contributed by atoms with van der Waals surface area (Å²) in [5.41, 5.74) is 1.25. The van der Waals surface area contributed by atoms with Crippen LogP contribution in [0.5, 0.6) is 5.75 Å². The molecule has 1 aromatic carbocycles. The summed E-state index contributed by atoms with van der Waals surface area (Å²) in [7, 11) is 1.66. The number of aryl methyl sites for hydroxylation is 1. The lowest BCUT2D eigenvalue weighted by atomic mass is 9.88. The number of nitrogens with zero attached hydrogens (tertiary/aromatic N) is 1. The maximum absolute atomic E-state index is 13.2. The summed E-state index contributed by atoms with van der Waals surface area (Å²) >= 11 is 0. The number of rotatable bonds is 11. The zero-order chi connectivity index (χ0) is 22.1. The van der Waals surface area contributed by atoms with Crippen molar-refractivity contribution in [3.8, 4) is 5.75 Å². The third-order valence-electron chi connectivity index (χ3n) is 5.83. The predicted octanol–water partition coefficient (Wildman–Crippen LogP) is 3.80. The summed E-state index contributed by atoms with van der Waals surface area (Å²) in [5.74, 6) is -0.544. The van der Waals surface area contributed by atoms with Crippen LogP contribution in [0, 0.1) is 11.8 Å². The fraction of sp³-hybridized carbons (Fsp3) is 0.625. The number of hydrogen-bond donors (Lipinski definition) is 0. The van der Waals surface area contributed by atoms with Gasteiger partial charge in [0.25, 0.3) is 5.78 Å². The molecule has 1 amide bonds. The molecule has 1 aromatic rings. The largest absolute Gasteiger partial charge is 0.497 e. The Bertz CT molecular complexity index is 713. The normalized spacial score (nSPS) is 17.1. The first-order valence-corrected chi connectivity index (χ1v) is 11.0. The summed E-state index contributed by atoms with van der Waals surface area (Å²) in [5, 5.41) is 0. The smallest absolute Gasteiger partial charge is 0.376 e. The molecule has 2 atom stereocenters. The quantitative estimate of drug-likeness (QED) is 0.311. The summed E-state index contributed by atoms with van der Waals surface area (Å²) in [6.45, 7) is 6.45. The number of amides is 1. The maximum atomic E-state index is 13.2. The van der Waals surface area contributed by atoms with E-state index in [0.29, 0.717) is 13.0 Å². The molecule has 2 rings (SSSR count). The predicted molar refractivity (Wildman–Crippen MR) is 115 cm³/mol. The first-order valence-electron chi connectivity index (χ1n) is 11.0. The zero-order valence-corrected chi connectivity index (χ0v) is 18.7. The van der Waals surface area contributed by atoms with E-state index in [9.17, 15) is 14.4 Å². The highest BCUT2D eigenvalue weighted by Crippen LogP contribution is 2.27. The van der Waals surface area contributed by atoms with Gasteiger partial charge in [-0.15, -0.1) is 0 Å². The van der Waals surface area contributed by atoms with E-state index < -0.39 is 17.8 Å². The monoisotopic (exact) mass is 417 g/mol. The van der Waals surface area contributed by atoms with Crippen LogP contribution in [0.1, 0.15) is 58.4 Å². The van der Waals surface area contributed by atoms with Gasteiger partial charge < -0.3 is 14.4 Å². The van der Waals surface area contributed by atoms with E-state index in [0.717, 1.165) is 37.9 Å². The Hall–Kier alpha value is -2.37. The van der Waals surface area contributed by atoms with Gasteiger partial charge >= 0.3 is 5.97 Å². The highest BCUT2D eigenvalue weighted by atomic mass is 16.5. The van der Waals surface area contributed by atoms with Crippen molar-refractivity contribution in [2.24, 2.45) is 11.8 Å². The minimum Gasteiger partial charge on any atom is -0.497 e. The highest BCUT2D eigenvalue weighted by molar-refractivity contribution is 6.36. The van der Waals surface area contributed by atoms with E-state index in [-0.39, 0.29) is 24.3 Å². The Labute approximate surface area is 179 Å². The van der Waals surface area contributed by atoms with Crippen molar-refractivity contribution in [2.75, 3.05) is 20.3 Å². The van der Waals surface area contributed by atoms with Gasteiger partial charge in [0.2, 0.25) is 5.91 Å². The zero-order valence-electron chi connectivity index (χ0n) is 18.7. The maximum Gasteiger partial charge on any atom is 0.376 e. The molecule has 6 nitrogen and oxygen atoms in total. The molecule has 0 saturated carbocycles. The molecule has 166 valence electrons. The van der Waals surface area contributed by atoms with Crippen LogP contribution in [0.2, 0.25) is 0 Å². The van der Waals surface area contributed by atoms with E-state index in [1.165, 1.54) is 5.56 Å². The number of carbonyl (C=O) groups is 3. The number of Topliss-reactive ketones (excluding diaryl/α,β-unsaturated/α-hetero) is 1. The molecule has 0 aliphatic carbocycles. The second kappa shape index (κ2) is 11.7. The van der Waals surface area contributed by atoms with Crippen LogP contribution in [0.15, 0.2) is 24.3 Å². The van der Waals surface area contributed by atoms with E-state index >= 15 is 0 Å². The molecular weight excluding hydrogens is 382 g/mol. The second-order valence-electron chi connectivity index (χ2n) is 8.22. The molecule has 30 heavy (non-hydrogen) atoms. The number of carbonyl (C=O) groups excluding carboxylic acids is 3. The molecule has 0 spiro atoms. The first-order chi connectivity index (χ1) is 14.4. The lowest BCUT2D eigenvalue weighted by molar-refractivity contribution is -0.157. The SMILES string of the molecule is CCOC(=O)C(=O)[C@@H]1CCCN1C(=O)[C@@H](CCCCc1ccc(OC)cc1)C(C)C. The van der Waals surface area contributed by atoms with Crippen LogP contribution in [0.3, 0.4) is 0 Å². The van der Waals surface area contributed by atoms with Crippen molar-refractivity contribution in [2.45, 2.75) is 65.3 Å². The third kappa shape index (κ3) is 6.31. The van der Waals surface area contributed by atoms with Crippen molar-refractivity contribution in [3.63, 3.8) is 0 Å². The standard InChI is InChI=1S/C24H35NO5/c1-5-30-24(28)22(26)21-11-8-16-25(21)23(27)20(17(2)3)10-7-6-9-18-12-14-19(29-4)15-13-18/h12-15,17,20-21H,5-11,16H2,1-4H3/t20-,21-/m0/s1. The van der Waals surface area contributed by atoms with Gasteiger partial charge in [-0.25, -0.2) is 4.79 Å². The van der Waals surface area contributed by atoms with Gasteiger partial charge in [-0.3, -0.25) is 9.59 Å². The van der Waals surface area contributed by atoms with Gasteiger partial charge in [0, 0.05) is 12.5 Å². The van der Waals surface area contributed by atoms with Crippen molar-refractivity contribution in [1.82, 2.24) is 4.90 Å². The second-order valence-corrected chi connectivity index (χ2v) is 8.22. The fourth-order valence-corrected chi connectivity index (χ4v) is 4.08. The third-order valence-corrected chi connectivity index (χ3v) is 5.83. The molecule has 1 aliphatic rings. The number of unbranched alkanes of at least 4 members (excludes halogenated alkanes) is 1. The molecule has 0 radical (unpaired) electrons. The highest BCUT2D eigenvalue weighted by Gasteiger charge is 2.40. The van der Waals surface area contributed by atoms with Gasteiger partial charge in [0.1, 0.15) is 11.8 Å². The molecule has 1 saturated heterocycles. The molecule has 6 heteroatoms. The van der Waals surface area contributed by atoms with E-state index in [4.69, 9.17) is 9.47 Å². The fourth-order valence-electron chi connectivity index (χ4n) is 4.08. The number of hydrogen-bond acceptors (Lipinski definition) is 5. The van der Waals surface area contributed by atoms with Crippen molar-refractivity contribution in [3.05, 3.63) is 29.8 Å². The van der Waals surface area contributed by atoms with Gasteiger partial charge in [-0.2, -0.15) is 0 Å². The van der Waals surface area contributed by atoms with Crippen LogP contribution >= 0.6 is 0 Å². The van der Waals surface area contributed by atoms with Crippen molar-refractivity contribution in [1.29, 1.82) is 0 Å². The molecule has 0 unspecified atom stereocenters. The van der Waals surface area contributed by atoms with Crippen molar-refractivity contribution < 1.29 is 23.9 Å². The number of ether oxygens (including phenoxy) is 2. The number of ketones is 1. The van der Waals surface area contributed by atoms with Crippen LogP contribution in [-0.4, -0.2) is 48.9 Å². The number of likely N-dealkylation sites (tertiary alicyclic amines) is 1. The van der Waals surface area contributed by atoms with E-state index in [2.05, 4.69) is 12.1 Å². The Morgan fingerprint density at radius 2 is 1.83 bits per heavy atom. The lowest BCUT2D eigenvalue weighted by Gasteiger charge is -2.29. The minimum atomic E-state index is -0.831. The van der Waals surface area contributed by atoms with E-state index in [1.54, 1.807) is 18.9 Å². The van der Waals surface area contributed by atoms with Crippen molar-refractivity contribution >= 4 is 17.7 Å². The Kier molecular flexibility index (Phi) is 9.34. The Morgan fingerprint density at radius 1 is 1.13 bits per heavy atom. The van der Waals surface area contributed by atoms with Crippen LogP contribution in [-0.2, 0) is 25.5 Å². The lowest BCUT2D eigenvalue weighted by Crippen LogP contribution is -2.47. The topological polar surface area (TPSA) is 72.9 Å². The molecule has 1 fully saturated rings. The summed E-state index contributed by atoms with van der Waals surface area (Å²) in [6, 6.07) is 7.39. The first kappa shape index (κ1) is 23.9. The molecule has 0 bridgehead atoms. The molecule has 1 heterocycles. The number of methoxy groups -OCH3 is 1. The summed E-state index contributed by atoms with van der Waals surface area (Å²) < 4.78 is 10.0. The van der Waals surface area contributed by atoms with Gasteiger partial charge in [0.05, 0.1) is 13.7 Å². The van der Waals surface area contributed by atoms with E-state index in [1.807, 2.05) is 26.0 Å². The van der Waals surface area contributed by atoms with Gasteiger partial charge in [-0.1, -0.05) is 32.4 Å². The Morgan fingerprint density at radius 3 is 2.43 bits per heavy atom. The van der Waals surface area contributed by atoms with Gasteiger partial charge in [-0.05, 0) is 62.6 Å². The van der Waals surface area contributed by atoms with Crippen LogP contribution < -0.4 is 4.74 Å². The Balaban J connectivity index is 1.91. The minimum absolute atomic E-state index is 0.00500. The van der Waals surface area contributed by atoms with Gasteiger partial charge in [0.15, 0.2) is 0 Å². The molecule has 1 aliphatic heterocycles. The average molecular weight is 418 g/mol. The number of esters is 1. The van der Waals surface area contributed by atoms with Crippen LogP contribution in [0.25, 0.3) is 0 Å². The molecule has 0 N–H and O–H groups in total. The molecular formula is C24H35NO5. The number of benzene rings is 1. The summed E-state index contributed by atoms with van der Waals surface area (Å²) in [4.78, 5) is 39.1. The molecule has 0 aromatic heterocycles. The summed E-state index contributed by atoms with van der Waals surface area (Å²) in [6.07, 6.45) is 4.94. The average Bonchev–Trinajstić information content (AvgIpc) is 3.23.